The van der Waals surface area contributed by atoms with E-state index in [1.807, 2.05) is 0 Å². The minimum absolute atomic E-state index is 0.234. The number of nitrogens with one attached hydrogen (secondary N) is 1. The van der Waals surface area contributed by atoms with Crippen LogP contribution in [0.3, 0.4) is 0 Å². The molecule has 0 rings (SSSR count). The molecule has 0 aromatic heterocycles. The Hall–Kier alpha value is -0.570. The average Bonchev–Trinajstić information content (AvgIpc) is 1.85. The number of hydrogen-bond acceptors (Lipinski definition) is 2. The summed E-state index contributed by atoms with van der Waals surface area (Å²) in [4.78, 5) is 10.3. The van der Waals surface area contributed by atoms with Crippen LogP contribution >= 0.6 is 0 Å². The van der Waals surface area contributed by atoms with Crippen LogP contribution in [-0.4, -0.2) is 19.0 Å². The van der Waals surface area contributed by atoms with E-state index in [0.717, 1.165) is 18.9 Å². The van der Waals surface area contributed by atoms with Gasteiger partial charge in [0, 0.05) is 13.0 Å². The van der Waals surface area contributed by atoms with Crippen molar-refractivity contribution in [2.45, 2.75) is 26.7 Å². The van der Waals surface area contributed by atoms with Crippen LogP contribution < -0.4 is 11.1 Å². The van der Waals surface area contributed by atoms with Gasteiger partial charge in [-0.1, -0.05) is 13.8 Å². The van der Waals surface area contributed by atoms with E-state index >= 15 is 0 Å². The Balaban J connectivity index is 2.97. The van der Waals surface area contributed by atoms with Gasteiger partial charge in [0.05, 0.1) is 0 Å². The standard InChI is InChI=1S/C8H18N2O/c1-7(2)3-5-10-6-4-8(9)11/h7,10H,3-6H2,1-2H3,(H2,9,11). The van der Waals surface area contributed by atoms with Crippen LogP contribution in [0.15, 0.2) is 0 Å². The first-order valence-corrected chi connectivity index (χ1v) is 4.12. The van der Waals surface area contributed by atoms with Gasteiger partial charge in [-0.3, -0.25) is 4.79 Å². The fourth-order valence-electron chi connectivity index (χ4n) is 0.727. The molecular formula is C8H18N2O. The summed E-state index contributed by atoms with van der Waals surface area (Å²) in [5, 5.41) is 3.15. The molecule has 0 heterocycles. The highest BCUT2D eigenvalue weighted by Crippen LogP contribution is 1.95. The van der Waals surface area contributed by atoms with Gasteiger partial charge in [0.1, 0.15) is 0 Å². The molecule has 0 aromatic carbocycles. The van der Waals surface area contributed by atoms with Gasteiger partial charge in [-0.2, -0.15) is 0 Å². The van der Waals surface area contributed by atoms with Gasteiger partial charge >= 0.3 is 0 Å². The maximum absolute atomic E-state index is 10.3. The van der Waals surface area contributed by atoms with E-state index < -0.39 is 0 Å². The monoisotopic (exact) mass is 158 g/mol. The van der Waals surface area contributed by atoms with Crippen molar-refractivity contribution in [2.24, 2.45) is 11.7 Å². The molecule has 0 aliphatic heterocycles. The van der Waals surface area contributed by atoms with Crippen molar-refractivity contribution < 1.29 is 4.79 Å². The lowest BCUT2D eigenvalue weighted by Gasteiger charge is -2.04. The summed E-state index contributed by atoms with van der Waals surface area (Å²) < 4.78 is 0. The molecule has 0 saturated heterocycles. The molecule has 0 unspecified atom stereocenters. The van der Waals surface area contributed by atoms with Gasteiger partial charge < -0.3 is 11.1 Å². The molecule has 0 aliphatic carbocycles. The highest BCUT2D eigenvalue weighted by atomic mass is 16.1. The Morgan fingerprint density at radius 3 is 2.55 bits per heavy atom. The summed E-state index contributed by atoms with van der Waals surface area (Å²) in [6, 6.07) is 0. The van der Waals surface area contributed by atoms with E-state index in [1.54, 1.807) is 0 Å². The molecule has 0 aromatic rings. The van der Waals surface area contributed by atoms with Gasteiger partial charge in [-0.05, 0) is 18.9 Å². The number of rotatable bonds is 6. The van der Waals surface area contributed by atoms with Gasteiger partial charge in [0.15, 0.2) is 0 Å². The van der Waals surface area contributed by atoms with E-state index in [1.165, 1.54) is 0 Å². The largest absolute Gasteiger partial charge is 0.370 e. The van der Waals surface area contributed by atoms with E-state index in [4.69, 9.17) is 5.73 Å². The summed E-state index contributed by atoms with van der Waals surface area (Å²) in [6.07, 6.45) is 1.59. The number of carbonyl (C=O) groups is 1. The van der Waals surface area contributed by atoms with Crippen LogP contribution in [-0.2, 0) is 4.79 Å². The molecule has 1 amide bonds. The van der Waals surface area contributed by atoms with Gasteiger partial charge in [0.2, 0.25) is 5.91 Å². The zero-order valence-electron chi connectivity index (χ0n) is 7.39. The third-order valence-corrected chi connectivity index (χ3v) is 1.45. The van der Waals surface area contributed by atoms with Gasteiger partial charge in [-0.15, -0.1) is 0 Å². The zero-order valence-corrected chi connectivity index (χ0v) is 7.39. The van der Waals surface area contributed by atoms with E-state index in [-0.39, 0.29) is 5.91 Å². The van der Waals surface area contributed by atoms with Crippen molar-refractivity contribution in [3.05, 3.63) is 0 Å². The van der Waals surface area contributed by atoms with Crippen molar-refractivity contribution in [2.75, 3.05) is 13.1 Å². The van der Waals surface area contributed by atoms with Crippen LogP contribution in [0.2, 0.25) is 0 Å². The minimum Gasteiger partial charge on any atom is -0.370 e. The maximum Gasteiger partial charge on any atom is 0.218 e. The van der Waals surface area contributed by atoms with Crippen LogP contribution in [0, 0.1) is 5.92 Å². The summed E-state index contributed by atoms with van der Waals surface area (Å²) in [5.74, 6) is 0.484. The Morgan fingerprint density at radius 1 is 1.45 bits per heavy atom. The number of nitrogens with two attached hydrogens (primary N) is 1. The van der Waals surface area contributed by atoms with E-state index in [0.29, 0.717) is 13.0 Å². The third kappa shape index (κ3) is 9.43. The van der Waals surface area contributed by atoms with Crippen LogP contribution in [0.4, 0.5) is 0 Å². The van der Waals surface area contributed by atoms with Crippen molar-refractivity contribution in [1.82, 2.24) is 5.32 Å². The first-order chi connectivity index (χ1) is 5.13. The molecule has 11 heavy (non-hydrogen) atoms. The summed E-state index contributed by atoms with van der Waals surface area (Å²) in [6.45, 7) is 6.04. The molecule has 0 fully saturated rings. The predicted molar refractivity (Wildman–Crippen MR) is 46.1 cm³/mol. The zero-order chi connectivity index (χ0) is 8.69. The summed E-state index contributed by atoms with van der Waals surface area (Å²) in [7, 11) is 0. The highest BCUT2D eigenvalue weighted by molar-refractivity contribution is 5.73. The van der Waals surface area contributed by atoms with Crippen molar-refractivity contribution in [3.63, 3.8) is 0 Å². The number of primary amides is 1. The lowest BCUT2D eigenvalue weighted by atomic mass is 10.1. The Morgan fingerprint density at radius 2 is 2.09 bits per heavy atom. The predicted octanol–water partition coefficient (Wildman–Crippen LogP) is 0.497. The number of amides is 1. The second-order valence-corrected chi connectivity index (χ2v) is 3.15. The lowest BCUT2D eigenvalue weighted by molar-refractivity contribution is -0.117. The summed E-state index contributed by atoms with van der Waals surface area (Å²) >= 11 is 0. The second kappa shape index (κ2) is 6.16. The Kier molecular flexibility index (Phi) is 5.84. The fraction of sp³-hybridized carbons (Fsp3) is 0.875. The van der Waals surface area contributed by atoms with Gasteiger partial charge in [-0.25, -0.2) is 0 Å². The first-order valence-electron chi connectivity index (χ1n) is 4.12. The molecule has 3 N–H and O–H groups in total. The van der Waals surface area contributed by atoms with E-state index in [2.05, 4.69) is 19.2 Å². The first kappa shape index (κ1) is 10.4. The average molecular weight is 158 g/mol. The molecule has 0 radical (unpaired) electrons. The van der Waals surface area contributed by atoms with Crippen molar-refractivity contribution >= 4 is 5.91 Å². The van der Waals surface area contributed by atoms with Crippen LogP contribution in [0.1, 0.15) is 26.7 Å². The highest BCUT2D eigenvalue weighted by Gasteiger charge is 1.94. The molecule has 0 spiro atoms. The van der Waals surface area contributed by atoms with E-state index in [9.17, 15) is 4.79 Å². The quantitative estimate of drug-likeness (QED) is 0.553. The molecule has 0 saturated carbocycles. The topological polar surface area (TPSA) is 55.1 Å². The molecule has 3 nitrogen and oxygen atoms in total. The molecular weight excluding hydrogens is 140 g/mol. The smallest absolute Gasteiger partial charge is 0.218 e. The molecule has 3 heteroatoms. The van der Waals surface area contributed by atoms with Crippen LogP contribution in [0.25, 0.3) is 0 Å². The van der Waals surface area contributed by atoms with Crippen LogP contribution in [0.5, 0.6) is 0 Å². The Labute approximate surface area is 68.3 Å². The molecule has 0 bridgehead atoms. The number of carbonyl (C=O) groups excluding carboxylic acids is 1. The summed E-state index contributed by atoms with van der Waals surface area (Å²) in [5.41, 5.74) is 4.96. The third-order valence-electron chi connectivity index (χ3n) is 1.45. The Bertz CT molecular complexity index is 113. The second-order valence-electron chi connectivity index (χ2n) is 3.15. The maximum atomic E-state index is 10.3. The SMILES string of the molecule is CC(C)CCNCCC(N)=O. The number of hydrogen-bond donors (Lipinski definition) is 2. The molecule has 0 aliphatic rings. The molecule has 0 atom stereocenters. The molecule has 66 valence electrons. The normalized spacial score (nSPS) is 10.5. The lowest BCUT2D eigenvalue weighted by Crippen LogP contribution is -2.23. The van der Waals surface area contributed by atoms with Crippen molar-refractivity contribution in [3.8, 4) is 0 Å². The minimum atomic E-state index is -0.234. The van der Waals surface area contributed by atoms with Crippen molar-refractivity contribution in [1.29, 1.82) is 0 Å². The fourth-order valence-corrected chi connectivity index (χ4v) is 0.727. The van der Waals surface area contributed by atoms with Gasteiger partial charge in [0.25, 0.3) is 0 Å².